The summed E-state index contributed by atoms with van der Waals surface area (Å²) in [6, 6.07) is 3.68. The van der Waals surface area contributed by atoms with Gasteiger partial charge in [-0.05, 0) is 19.1 Å². The Morgan fingerprint density at radius 2 is 2.36 bits per heavy atom. The van der Waals surface area contributed by atoms with Gasteiger partial charge in [-0.25, -0.2) is 4.98 Å². The third kappa shape index (κ3) is 2.39. The zero-order valence-corrected chi connectivity index (χ0v) is 9.17. The zero-order valence-electron chi connectivity index (χ0n) is 8.42. The van der Waals surface area contributed by atoms with Crippen LogP contribution in [0, 0.1) is 0 Å². The van der Waals surface area contributed by atoms with Crippen LogP contribution in [0.5, 0.6) is 0 Å². The molecule has 0 radical (unpaired) electrons. The molecule has 76 valence electrons. The monoisotopic (exact) mass is 211 g/mol. The highest BCUT2D eigenvalue weighted by atomic mass is 35.5. The fourth-order valence-electron chi connectivity index (χ4n) is 1.19. The van der Waals surface area contributed by atoms with Crippen LogP contribution in [0.2, 0.25) is 5.15 Å². The lowest BCUT2D eigenvalue weighted by Gasteiger charge is -2.24. The van der Waals surface area contributed by atoms with Crippen molar-refractivity contribution >= 4 is 17.3 Å². The normalized spacial score (nSPS) is 9.64. The summed E-state index contributed by atoms with van der Waals surface area (Å²) in [7, 11) is 1.84. The van der Waals surface area contributed by atoms with E-state index in [2.05, 4.69) is 23.8 Å². The number of rotatable bonds is 4. The second-order valence-electron chi connectivity index (χ2n) is 2.78. The summed E-state index contributed by atoms with van der Waals surface area (Å²) in [6.07, 6.45) is 1.73. The van der Waals surface area contributed by atoms with Crippen LogP contribution >= 0.6 is 11.6 Å². The highest BCUT2D eigenvalue weighted by Crippen LogP contribution is 2.17. The molecule has 0 aliphatic carbocycles. The van der Waals surface area contributed by atoms with Gasteiger partial charge in [-0.2, -0.15) is 0 Å². The van der Waals surface area contributed by atoms with E-state index in [9.17, 15) is 0 Å². The summed E-state index contributed by atoms with van der Waals surface area (Å²) in [5.41, 5.74) is 0.983. The Bertz CT molecular complexity index is 308. The lowest BCUT2D eigenvalue weighted by atomic mass is 10.3. The highest BCUT2D eigenvalue weighted by molar-refractivity contribution is 6.29. The topological polar surface area (TPSA) is 28.2 Å². The Hall–Kier alpha value is -1.22. The van der Waals surface area contributed by atoms with Gasteiger partial charge in [0, 0.05) is 13.6 Å². The summed E-state index contributed by atoms with van der Waals surface area (Å²) in [5.74, 6) is 0.844. The van der Waals surface area contributed by atoms with Gasteiger partial charge in [-0.15, -0.1) is 0 Å². The predicted molar refractivity (Wildman–Crippen MR) is 60.5 cm³/mol. The predicted octanol–water partition coefficient (Wildman–Crippen LogP) is 2.25. The maximum absolute atomic E-state index is 5.71. The van der Waals surface area contributed by atoms with Crippen molar-refractivity contribution in [1.29, 1.82) is 0 Å². The quantitative estimate of drug-likeness (QED) is 0.775. The molecule has 1 aromatic heterocycles. The van der Waals surface area contributed by atoms with Gasteiger partial charge in [0.25, 0.3) is 0 Å². The van der Waals surface area contributed by atoms with Crippen molar-refractivity contribution in [2.45, 2.75) is 6.92 Å². The van der Waals surface area contributed by atoms with E-state index in [4.69, 9.17) is 11.6 Å². The number of aromatic nitrogens is 1. The van der Waals surface area contributed by atoms with Crippen LogP contribution < -0.4 is 10.2 Å². The van der Waals surface area contributed by atoms with E-state index in [1.165, 1.54) is 0 Å². The van der Waals surface area contributed by atoms with Crippen LogP contribution in [0.3, 0.4) is 0 Å². The fraction of sp³-hybridized carbons (Fsp3) is 0.300. The van der Waals surface area contributed by atoms with E-state index in [0.29, 0.717) is 5.15 Å². The molecule has 0 aliphatic heterocycles. The van der Waals surface area contributed by atoms with E-state index in [0.717, 1.165) is 18.1 Å². The number of nitrogens with one attached hydrogen (secondary N) is 1. The van der Waals surface area contributed by atoms with Crippen molar-refractivity contribution in [2.75, 3.05) is 18.5 Å². The molecule has 0 aliphatic rings. The summed E-state index contributed by atoms with van der Waals surface area (Å²) >= 11 is 5.71. The smallest absolute Gasteiger partial charge is 0.129 e. The van der Waals surface area contributed by atoms with Crippen LogP contribution in [0.15, 0.2) is 30.7 Å². The maximum Gasteiger partial charge on any atom is 0.129 e. The van der Waals surface area contributed by atoms with E-state index in [-0.39, 0.29) is 0 Å². The number of hydrogen-bond donors (Lipinski definition) is 1. The number of hydrogen-bond acceptors (Lipinski definition) is 3. The molecule has 0 amide bonds. The second-order valence-corrected chi connectivity index (χ2v) is 3.17. The Kier molecular flexibility index (Phi) is 3.77. The molecule has 1 heterocycles. The molecule has 0 atom stereocenters. The van der Waals surface area contributed by atoms with Gasteiger partial charge in [-0.1, -0.05) is 18.2 Å². The van der Waals surface area contributed by atoms with Crippen molar-refractivity contribution < 1.29 is 0 Å². The van der Waals surface area contributed by atoms with Crippen LogP contribution in [-0.4, -0.2) is 18.6 Å². The fourth-order valence-corrected chi connectivity index (χ4v) is 1.30. The Labute approximate surface area is 89.4 Å². The first kappa shape index (κ1) is 10.9. The molecule has 3 nitrogen and oxygen atoms in total. The molecule has 0 fully saturated rings. The minimum absolute atomic E-state index is 0.500. The first-order valence-electron chi connectivity index (χ1n) is 4.44. The van der Waals surface area contributed by atoms with Crippen molar-refractivity contribution in [3.63, 3.8) is 0 Å². The molecule has 0 aromatic carbocycles. The summed E-state index contributed by atoms with van der Waals surface area (Å²) in [4.78, 5) is 6.04. The Balaban J connectivity index is 2.89. The molecule has 1 aromatic rings. The van der Waals surface area contributed by atoms with Crippen LogP contribution in [0.4, 0.5) is 5.69 Å². The van der Waals surface area contributed by atoms with Crippen molar-refractivity contribution in [2.24, 2.45) is 0 Å². The van der Waals surface area contributed by atoms with Gasteiger partial charge in [-0.3, -0.25) is 0 Å². The van der Waals surface area contributed by atoms with Gasteiger partial charge < -0.3 is 10.2 Å². The number of anilines is 1. The average molecular weight is 212 g/mol. The highest BCUT2D eigenvalue weighted by Gasteiger charge is 2.06. The molecule has 14 heavy (non-hydrogen) atoms. The lowest BCUT2D eigenvalue weighted by Crippen LogP contribution is -2.28. The molecule has 1 rings (SSSR count). The van der Waals surface area contributed by atoms with E-state index < -0.39 is 0 Å². The van der Waals surface area contributed by atoms with Crippen molar-refractivity contribution in [3.05, 3.63) is 35.9 Å². The third-order valence-corrected chi connectivity index (χ3v) is 2.18. The maximum atomic E-state index is 5.71. The number of halogens is 1. The van der Waals surface area contributed by atoms with Gasteiger partial charge >= 0.3 is 0 Å². The molecule has 0 bridgehead atoms. The molecule has 1 N–H and O–H groups in total. The molecule has 0 saturated carbocycles. The molecule has 4 heteroatoms. The van der Waals surface area contributed by atoms with Gasteiger partial charge in [0.2, 0.25) is 0 Å². The number of pyridine rings is 1. The molecule has 0 spiro atoms. The second kappa shape index (κ2) is 4.86. The zero-order chi connectivity index (χ0) is 10.6. The standard InChI is InChI=1S/C10H14ClN3/c1-4-14(8(2)12-3)9-5-6-10(11)13-7-9/h5-7,12H,2,4H2,1,3H3. The van der Waals surface area contributed by atoms with E-state index >= 15 is 0 Å². The van der Waals surface area contributed by atoms with Crippen LogP contribution in [-0.2, 0) is 0 Å². The Morgan fingerprint density at radius 1 is 1.64 bits per heavy atom. The minimum Gasteiger partial charge on any atom is -0.375 e. The minimum atomic E-state index is 0.500. The van der Waals surface area contributed by atoms with E-state index in [1.807, 2.05) is 18.0 Å². The van der Waals surface area contributed by atoms with Crippen LogP contribution in [0.25, 0.3) is 0 Å². The molecular formula is C10H14ClN3. The van der Waals surface area contributed by atoms with E-state index in [1.54, 1.807) is 12.3 Å². The SMILES string of the molecule is C=C(NC)N(CC)c1ccc(Cl)nc1. The third-order valence-electron chi connectivity index (χ3n) is 1.95. The first-order valence-corrected chi connectivity index (χ1v) is 4.82. The van der Waals surface area contributed by atoms with Crippen LogP contribution in [0.1, 0.15) is 6.92 Å². The molecule has 0 unspecified atom stereocenters. The molecular weight excluding hydrogens is 198 g/mol. The summed E-state index contributed by atoms with van der Waals surface area (Å²) in [5, 5.41) is 3.50. The lowest BCUT2D eigenvalue weighted by molar-refractivity contribution is 0.847. The van der Waals surface area contributed by atoms with Crippen molar-refractivity contribution in [1.82, 2.24) is 10.3 Å². The summed E-state index contributed by atoms with van der Waals surface area (Å²) < 4.78 is 0. The van der Waals surface area contributed by atoms with Crippen molar-refractivity contribution in [3.8, 4) is 0 Å². The van der Waals surface area contributed by atoms with Gasteiger partial charge in [0.15, 0.2) is 0 Å². The number of nitrogens with zero attached hydrogens (tertiary/aromatic N) is 2. The Morgan fingerprint density at radius 3 is 2.79 bits per heavy atom. The average Bonchev–Trinajstić information content (AvgIpc) is 2.21. The van der Waals surface area contributed by atoms with Gasteiger partial charge in [0.1, 0.15) is 5.15 Å². The van der Waals surface area contributed by atoms with Gasteiger partial charge in [0.05, 0.1) is 17.7 Å². The first-order chi connectivity index (χ1) is 6.69. The molecule has 0 saturated heterocycles. The summed E-state index contributed by atoms with van der Waals surface area (Å²) in [6.45, 7) is 6.79. The largest absolute Gasteiger partial charge is 0.375 e.